The number of rotatable bonds is 4. The lowest BCUT2D eigenvalue weighted by atomic mass is 9.81. The van der Waals surface area contributed by atoms with E-state index < -0.39 is 23.6 Å². The van der Waals surface area contributed by atoms with Crippen molar-refractivity contribution in [2.45, 2.75) is 32.7 Å². The van der Waals surface area contributed by atoms with Crippen LogP contribution in [0.15, 0.2) is 24.3 Å². The van der Waals surface area contributed by atoms with E-state index in [1.807, 2.05) is 0 Å². The third-order valence-electron chi connectivity index (χ3n) is 3.80. The van der Waals surface area contributed by atoms with Gasteiger partial charge in [0.1, 0.15) is 0 Å². The quantitative estimate of drug-likeness (QED) is 0.829. The van der Waals surface area contributed by atoms with Crippen molar-refractivity contribution in [2.75, 3.05) is 13.2 Å². The molecule has 0 spiro atoms. The molecule has 130 valence electrons. The fourth-order valence-electron chi connectivity index (χ4n) is 2.75. The van der Waals surface area contributed by atoms with Gasteiger partial charge >= 0.3 is 12.2 Å². The van der Waals surface area contributed by atoms with Crippen LogP contribution in [0.1, 0.15) is 32.8 Å². The summed E-state index contributed by atoms with van der Waals surface area (Å²) in [7, 11) is 0. The van der Waals surface area contributed by atoms with E-state index in [1.54, 1.807) is 45.0 Å². The molecule has 3 amide bonds. The number of amides is 3. The summed E-state index contributed by atoms with van der Waals surface area (Å²) in [6.07, 6.45) is -1.46. The van der Waals surface area contributed by atoms with Gasteiger partial charge in [0.05, 0.1) is 13.2 Å². The summed E-state index contributed by atoms with van der Waals surface area (Å²) in [5.74, 6) is -0.557. The van der Waals surface area contributed by atoms with Crippen LogP contribution in [0.4, 0.5) is 9.59 Å². The molecular formula is C16H19ClN2O5. The van der Waals surface area contributed by atoms with Crippen molar-refractivity contribution in [2.24, 2.45) is 0 Å². The molecular weight excluding hydrogens is 336 g/mol. The number of hydrogen-bond acceptors (Lipinski definition) is 5. The minimum atomic E-state index is -1.34. The monoisotopic (exact) mass is 354 g/mol. The third kappa shape index (κ3) is 2.69. The second-order valence-corrected chi connectivity index (χ2v) is 5.49. The van der Waals surface area contributed by atoms with Crippen LogP contribution in [-0.4, -0.2) is 41.3 Å². The number of imide groups is 1. The second kappa shape index (κ2) is 7.09. The van der Waals surface area contributed by atoms with Crippen LogP contribution in [0, 0.1) is 0 Å². The van der Waals surface area contributed by atoms with Gasteiger partial charge < -0.3 is 9.47 Å². The number of benzene rings is 1. The summed E-state index contributed by atoms with van der Waals surface area (Å²) < 4.78 is 9.88. The topological polar surface area (TPSA) is 76.2 Å². The highest BCUT2D eigenvalue weighted by Crippen LogP contribution is 2.45. The van der Waals surface area contributed by atoms with Crippen molar-refractivity contribution in [3.05, 3.63) is 34.9 Å². The fourth-order valence-corrected chi connectivity index (χ4v) is 2.94. The zero-order chi connectivity index (χ0) is 17.9. The van der Waals surface area contributed by atoms with E-state index in [0.717, 1.165) is 5.01 Å². The number of halogens is 1. The molecule has 8 heteroatoms. The summed E-state index contributed by atoms with van der Waals surface area (Å²) in [6, 6.07) is 6.62. The molecule has 1 heterocycles. The summed E-state index contributed by atoms with van der Waals surface area (Å²) in [4.78, 5) is 37.3. The molecule has 24 heavy (non-hydrogen) atoms. The average Bonchev–Trinajstić information content (AvgIpc) is 2.53. The molecule has 0 radical (unpaired) electrons. The van der Waals surface area contributed by atoms with Crippen LogP contribution in [0.2, 0.25) is 5.02 Å². The van der Waals surface area contributed by atoms with Crippen LogP contribution >= 0.6 is 11.6 Å². The minimum Gasteiger partial charge on any atom is -0.448 e. The molecule has 1 atom stereocenters. The van der Waals surface area contributed by atoms with Crippen molar-refractivity contribution < 1.29 is 23.9 Å². The number of nitrogens with zero attached hydrogens (tertiary/aromatic N) is 2. The number of carbonyl (C=O) groups is 3. The predicted molar refractivity (Wildman–Crippen MR) is 86.2 cm³/mol. The Morgan fingerprint density at radius 1 is 1.12 bits per heavy atom. The van der Waals surface area contributed by atoms with Gasteiger partial charge in [0.15, 0.2) is 5.54 Å². The van der Waals surface area contributed by atoms with Crippen LogP contribution in [0.5, 0.6) is 0 Å². The lowest BCUT2D eigenvalue weighted by molar-refractivity contribution is -0.203. The molecule has 0 bridgehead atoms. The van der Waals surface area contributed by atoms with Crippen molar-refractivity contribution >= 4 is 29.7 Å². The average molecular weight is 355 g/mol. The van der Waals surface area contributed by atoms with Gasteiger partial charge in [-0.25, -0.2) is 9.59 Å². The van der Waals surface area contributed by atoms with Gasteiger partial charge in [-0.05, 0) is 38.0 Å². The van der Waals surface area contributed by atoms with E-state index in [2.05, 4.69) is 0 Å². The van der Waals surface area contributed by atoms with Crippen LogP contribution < -0.4 is 0 Å². The molecule has 0 N–H and O–H groups in total. The Kier molecular flexibility index (Phi) is 5.33. The zero-order valence-electron chi connectivity index (χ0n) is 13.7. The summed E-state index contributed by atoms with van der Waals surface area (Å²) in [5.41, 5.74) is -0.833. The number of carbonyl (C=O) groups excluding carboxylic acids is 3. The van der Waals surface area contributed by atoms with Gasteiger partial charge in [0, 0.05) is 5.02 Å². The highest BCUT2D eigenvalue weighted by Gasteiger charge is 2.65. The first-order valence-electron chi connectivity index (χ1n) is 7.68. The Morgan fingerprint density at radius 2 is 1.75 bits per heavy atom. The van der Waals surface area contributed by atoms with E-state index in [1.165, 1.54) is 0 Å². The molecule has 0 aliphatic carbocycles. The molecule has 0 aromatic heterocycles. The van der Waals surface area contributed by atoms with Crippen molar-refractivity contribution in [1.29, 1.82) is 0 Å². The first-order chi connectivity index (χ1) is 11.4. The Bertz CT molecular complexity index is 666. The fraction of sp³-hybridized carbons (Fsp3) is 0.438. The minimum absolute atomic E-state index is 0.0789. The second-order valence-electron chi connectivity index (χ2n) is 5.05. The largest absolute Gasteiger partial charge is 0.448 e. The van der Waals surface area contributed by atoms with E-state index >= 15 is 0 Å². The maximum Gasteiger partial charge on any atom is 0.436 e. The summed E-state index contributed by atoms with van der Waals surface area (Å²) in [5, 5.41) is 2.10. The summed E-state index contributed by atoms with van der Waals surface area (Å²) in [6.45, 7) is 5.18. The van der Waals surface area contributed by atoms with E-state index in [0.29, 0.717) is 15.6 Å². The molecule has 1 aromatic carbocycles. The SMILES string of the molecule is CCOC(=O)N1C(=O)[C@@](CC)(c2cccc(Cl)c2)N1C(=O)OCC. The third-order valence-corrected chi connectivity index (χ3v) is 4.04. The van der Waals surface area contributed by atoms with Crippen LogP contribution in [0.3, 0.4) is 0 Å². The standard InChI is InChI=1S/C16H19ClN2O5/c1-4-16(11-8-7-9-12(17)10-11)13(20)18(14(21)23-5-2)19(16)15(22)24-6-3/h7-10H,4-6H2,1-3H3/t16-/m1/s1. The van der Waals surface area contributed by atoms with Gasteiger partial charge in [0.2, 0.25) is 0 Å². The van der Waals surface area contributed by atoms with E-state index in [4.69, 9.17) is 21.1 Å². The molecule has 1 aliphatic rings. The van der Waals surface area contributed by atoms with Crippen LogP contribution in [-0.2, 0) is 19.8 Å². The molecule has 1 aromatic rings. The van der Waals surface area contributed by atoms with Gasteiger partial charge in [-0.15, -0.1) is 5.01 Å². The molecule has 2 rings (SSSR count). The maximum atomic E-state index is 12.8. The highest BCUT2D eigenvalue weighted by molar-refractivity contribution is 6.30. The first-order valence-corrected chi connectivity index (χ1v) is 8.06. The molecule has 1 aliphatic heterocycles. The molecule has 1 saturated heterocycles. The first kappa shape index (κ1) is 18.1. The zero-order valence-corrected chi connectivity index (χ0v) is 14.5. The number of hydrazine groups is 1. The Labute approximate surface area is 145 Å². The smallest absolute Gasteiger partial charge is 0.436 e. The Balaban J connectivity index is 2.50. The van der Waals surface area contributed by atoms with Crippen molar-refractivity contribution in [1.82, 2.24) is 10.0 Å². The Hall–Kier alpha value is -2.28. The van der Waals surface area contributed by atoms with Crippen LogP contribution in [0.25, 0.3) is 0 Å². The Morgan fingerprint density at radius 3 is 2.29 bits per heavy atom. The predicted octanol–water partition coefficient (Wildman–Crippen LogP) is 3.32. The van der Waals surface area contributed by atoms with Gasteiger partial charge in [-0.1, -0.05) is 30.7 Å². The molecule has 7 nitrogen and oxygen atoms in total. The van der Waals surface area contributed by atoms with E-state index in [9.17, 15) is 14.4 Å². The normalized spacial score (nSPS) is 19.8. The lowest BCUT2D eigenvalue weighted by Gasteiger charge is -2.54. The lowest BCUT2D eigenvalue weighted by Crippen LogP contribution is -2.77. The number of hydrogen-bond donors (Lipinski definition) is 0. The molecule has 0 unspecified atom stereocenters. The molecule has 1 fully saturated rings. The summed E-state index contributed by atoms with van der Waals surface area (Å²) >= 11 is 6.02. The van der Waals surface area contributed by atoms with E-state index in [-0.39, 0.29) is 19.6 Å². The highest BCUT2D eigenvalue weighted by atomic mass is 35.5. The van der Waals surface area contributed by atoms with Gasteiger partial charge in [0.25, 0.3) is 5.91 Å². The number of ether oxygens (including phenoxy) is 2. The van der Waals surface area contributed by atoms with Crippen molar-refractivity contribution in [3.8, 4) is 0 Å². The van der Waals surface area contributed by atoms with Gasteiger partial charge in [-0.3, -0.25) is 4.79 Å². The maximum absolute atomic E-state index is 12.8. The molecule has 0 saturated carbocycles. The van der Waals surface area contributed by atoms with Gasteiger partial charge in [-0.2, -0.15) is 5.01 Å². The van der Waals surface area contributed by atoms with Crippen molar-refractivity contribution in [3.63, 3.8) is 0 Å².